The molecule has 0 aliphatic carbocycles. The maximum atomic E-state index is 11.5. The first-order valence-electron chi connectivity index (χ1n) is 6.33. The predicted octanol–water partition coefficient (Wildman–Crippen LogP) is 1.81. The number of likely N-dealkylation sites (N-methyl/N-ethyl adjacent to an activating group) is 1. The summed E-state index contributed by atoms with van der Waals surface area (Å²) in [6.07, 6.45) is 2.37. The van der Waals surface area contributed by atoms with E-state index in [9.17, 15) is 4.79 Å². The Morgan fingerprint density at radius 3 is 3.05 bits per heavy atom. The van der Waals surface area contributed by atoms with Crippen molar-refractivity contribution in [1.82, 2.24) is 14.9 Å². The van der Waals surface area contributed by atoms with Crippen LogP contribution in [0.4, 0.5) is 5.82 Å². The van der Waals surface area contributed by atoms with E-state index in [0.29, 0.717) is 18.2 Å². The van der Waals surface area contributed by atoms with Crippen molar-refractivity contribution in [1.29, 1.82) is 0 Å². The minimum absolute atomic E-state index is 0.207. The van der Waals surface area contributed by atoms with E-state index >= 15 is 0 Å². The summed E-state index contributed by atoms with van der Waals surface area (Å²) in [5.74, 6) is 2.06. The SMILES string of the molecule is CN1C[C@H](Nc2nc(Cl)nc3c2SCC3)CCC1=O. The molecule has 1 aromatic heterocycles. The molecule has 1 saturated heterocycles. The van der Waals surface area contributed by atoms with E-state index < -0.39 is 0 Å². The molecule has 0 bridgehead atoms. The van der Waals surface area contributed by atoms with Crippen LogP contribution in [0.1, 0.15) is 18.5 Å². The van der Waals surface area contributed by atoms with Gasteiger partial charge in [-0.2, -0.15) is 4.98 Å². The maximum Gasteiger partial charge on any atom is 0.224 e. The Hall–Kier alpha value is -1.01. The number of hydrogen-bond donors (Lipinski definition) is 1. The zero-order valence-corrected chi connectivity index (χ0v) is 12.2. The van der Waals surface area contributed by atoms with Gasteiger partial charge in [0.15, 0.2) is 0 Å². The fourth-order valence-corrected chi connectivity index (χ4v) is 3.70. The van der Waals surface area contributed by atoms with Gasteiger partial charge in [-0.05, 0) is 18.0 Å². The Kier molecular flexibility index (Phi) is 3.54. The van der Waals surface area contributed by atoms with Gasteiger partial charge < -0.3 is 10.2 Å². The highest BCUT2D eigenvalue weighted by Crippen LogP contribution is 2.36. The van der Waals surface area contributed by atoms with Crippen LogP contribution in [0.5, 0.6) is 0 Å². The molecule has 0 radical (unpaired) electrons. The second-order valence-corrected chi connectivity index (χ2v) is 6.31. The number of thioether (sulfide) groups is 1. The van der Waals surface area contributed by atoms with Crippen molar-refractivity contribution < 1.29 is 4.79 Å². The molecule has 0 saturated carbocycles. The highest BCUT2D eigenvalue weighted by molar-refractivity contribution is 7.99. The summed E-state index contributed by atoms with van der Waals surface area (Å²) in [4.78, 5) is 22.9. The van der Waals surface area contributed by atoms with Crippen molar-refractivity contribution in [3.05, 3.63) is 11.0 Å². The number of likely N-dealkylation sites (tertiary alicyclic amines) is 1. The van der Waals surface area contributed by atoms with Crippen LogP contribution in [-0.2, 0) is 11.2 Å². The van der Waals surface area contributed by atoms with Crippen molar-refractivity contribution >= 4 is 35.1 Å². The number of aromatic nitrogens is 2. The number of aryl methyl sites for hydroxylation is 1. The van der Waals surface area contributed by atoms with Gasteiger partial charge in [-0.25, -0.2) is 4.98 Å². The molecular formula is C12H15ClN4OS. The Labute approximate surface area is 121 Å². The van der Waals surface area contributed by atoms with E-state index in [1.807, 2.05) is 7.05 Å². The fraction of sp³-hybridized carbons (Fsp3) is 0.583. The normalized spacial score (nSPS) is 22.5. The van der Waals surface area contributed by atoms with Crippen LogP contribution in [0.2, 0.25) is 5.28 Å². The van der Waals surface area contributed by atoms with Crippen molar-refractivity contribution in [2.24, 2.45) is 0 Å². The molecule has 2 aliphatic rings. The van der Waals surface area contributed by atoms with Gasteiger partial charge in [-0.3, -0.25) is 4.79 Å². The number of carbonyl (C=O) groups is 1. The summed E-state index contributed by atoms with van der Waals surface area (Å²) < 4.78 is 0. The Morgan fingerprint density at radius 1 is 1.42 bits per heavy atom. The van der Waals surface area contributed by atoms with Crippen LogP contribution in [0.25, 0.3) is 0 Å². The number of halogens is 1. The lowest BCUT2D eigenvalue weighted by Gasteiger charge is -2.30. The van der Waals surface area contributed by atoms with E-state index in [1.165, 1.54) is 0 Å². The molecule has 0 unspecified atom stereocenters. The Bertz CT molecular complexity index is 525. The van der Waals surface area contributed by atoms with E-state index in [-0.39, 0.29) is 11.9 Å². The average Bonchev–Trinajstić information content (AvgIpc) is 2.82. The monoisotopic (exact) mass is 298 g/mol. The molecule has 0 spiro atoms. The summed E-state index contributed by atoms with van der Waals surface area (Å²) in [6, 6.07) is 0.235. The molecule has 3 heterocycles. The summed E-state index contributed by atoms with van der Waals surface area (Å²) >= 11 is 7.73. The molecule has 0 aromatic carbocycles. The van der Waals surface area contributed by atoms with Gasteiger partial charge in [0.25, 0.3) is 0 Å². The van der Waals surface area contributed by atoms with Gasteiger partial charge in [-0.15, -0.1) is 11.8 Å². The molecule has 2 aliphatic heterocycles. The van der Waals surface area contributed by atoms with Gasteiger partial charge >= 0.3 is 0 Å². The van der Waals surface area contributed by atoms with Crippen molar-refractivity contribution in [3.8, 4) is 0 Å². The molecule has 7 heteroatoms. The molecule has 1 amide bonds. The van der Waals surface area contributed by atoms with Gasteiger partial charge in [0.2, 0.25) is 11.2 Å². The second-order valence-electron chi connectivity index (χ2n) is 4.87. The van der Waals surface area contributed by atoms with Crippen LogP contribution >= 0.6 is 23.4 Å². The van der Waals surface area contributed by atoms with Crippen LogP contribution in [0.15, 0.2) is 4.90 Å². The van der Waals surface area contributed by atoms with Crippen molar-refractivity contribution in [3.63, 3.8) is 0 Å². The lowest BCUT2D eigenvalue weighted by Crippen LogP contribution is -2.43. The van der Waals surface area contributed by atoms with E-state index in [0.717, 1.165) is 35.0 Å². The number of rotatable bonds is 2. The average molecular weight is 299 g/mol. The molecule has 1 aromatic rings. The van der Waals surface area contributed by atoms with E-state index in [2.05, 4.69) is 15.3 Å². The summed E-state index contributed by atoms with van der Waals surface area (Å²) in [7, 11) is 1.84. The van der Waals surface area contributed by atoms with Crippen LogP contribution in [0.3, 0.4) is 0 Å². The van der Waals surface area contributed by atoms with Crippen molar-refractivity contribution in [2.45, 2.75) is 30.2 Å². The summed E-state index contributed by atoms with van der Waals surface area (Å²) in [6.45, 7) is 0.708. The molecule has 1 atom stereocenters. The van der Waals surface area contributed by atoms with Crippen LogP contribution in [-0.4, -0.2) is 46.2 Å². The standard InChI is InChI=1S/C12H15ClN4OS/c1-17-6-7(2-3-9(17)18)14-11-10-8(4-5-19-10)15-12(13)16-11/h7H,2-6H2,1H3,(H,14,15,16)/t7-/m1/s1. The molecular weight excluding hydrogens is 284 g/mol. The van der Waals surface area contributed by atoms with Gasteiger partial charge in [0.1, 0.15) is 5.82 Å². The highest BCUT2D eigenvalue weighted by atomic mass is 35.5. The smallest absolute Gasteiger partial charge is 0.224 e. The summed E-state index contributed by atoms with van der Waals surface area (Å²) in [5.41, 5.74) is 1.03. The number of nitrogens with one attached hydrogen (secondary N) is 1. The quantitative estimate of drug-likeness (QED) is 0.844. The number of fused-ring (bicyclic) bond motifs is 1. The molecule has 5 nitrogen and oxygen atoms in total. The molecule has 1 fully saturated rings. The number of hydrogen-bond acceptors (Lipinski definition) is 5. The molecule has 102 valence electrons. The van der Waals surface area contributed by atoms with E-state index in [4.69, 9.17) is 11.6 Å². The van der Waals surface area contributed by atoms with Crippen LogP contribution < -0.4 is 5.32 Å². The lowest BCUT2D eigenvalue weighted by atomic mass is 10.1. The number of nitrogens with zero attached hydrogens (tertiary/aromatic N) is 3. The second kappa shape index (κ2) is 5.17. The van der Waals surface area contributed by atoms with Gasteiger partial charge in [-0.1, -0.05) is 0 Å². The zero-order valence-electron chi connectivity index (χ0n) is 10.6. The predicted molar refractivity (Wildman–Crippen MR) is 75.8 cm³/mol. The molecule has 3 rings (SSSR count). The number of anilines is 1. The molecule has 19 heavy (non-hydrogen) atoms. The lowest BCUT2D eigenvalue weighted by molar-refractivity contribution is -0.132. The number of piperidine rings is 1. The largest absolute Gasteiger partial charge is 0.364 e. The minimum atomic E-state index is 0.207. The number of carbonyl (C=O) groups excluding carboxylic acids is 1. The third kappa shape index (κ3) is 2.65. The zero-order chi connectivity index (χ0) is 13.4. The highest BCUT2D eigenvalue weighted by Gasteiger charge is 2.26. The summed E-state index contributed by atoms with van der Waals surface area (Å²) in [5, 5.41) is 3.72. The first kappa shape index (κ1) is 13.0. The van der Waals surface area contributed by atoms with E-state index in [1.54, 1.807) is 16.7 Å². The number of amides is 1. The first-order chi connectivity index (χ1) is 9.13. The third-order valence-electron chi connectivity index (χ3n) is 3.46. The van der Waals surface area contributed by atoms with Crippen LogP contribution in [0, 0.1) is 0 Å². The third-order valence-corrected chi connectivity index (χ3v) is 4.76. The Balaban J connectivity index is 1.79. The first-order valence-corrected chi connectivity index (χ1v) is 7.69. The maximum absolute atomic E-state index is 11.5. The Morgan fingerprint density at radius 2 is 2.26 bits per heavy atom. The van der Waals surface area contributed by atoms with Gasteiger partial charge in [0.05, 0.1) is 10.6 Å². The molecule has 1 N–H and O–H groups in total. The fourth-order valence-electron chi connectivity index (χ4n) is 2.46. The van der Waals surface area contributed by atoms with Crippen molar-refractivity contribution in [2.75, 3.05) is 24.7 Å². The van der Waals surface area contributed by atoms with Gasteiger partial charge in [0, 0.05) is 38.2 Å². The minimum Gasteiger partial charge on any atom is -0.364 e. The topological polar surface area (TPSA) is 58.1 Å².